The number of anilines is 1. The van der Waals surface area contributed by atoms with E-state index in [0.717, 1.165) is 16.8 Å². The molecule has 5 rings (SSSR count). The van der Waals surface area contributed by atoms with E-state index in [2.05, 4.69) is 5.32 Å². The molecule has 2 unspecified atom stereocenters. The molecule has 0 spiro atoms. The van der Waals surface area contributed by atoms with E-state index in [1.807, 2.05) is 66.7 Å². The number of thioether (sulfide) groups is 1. The highest BCUT2D eigenvalue weighted by Crippen LogP contribution is 2.38. The largest absolute Gasteiger partial charge is 0.497 e. The predicted molar refractivity (Wildman–Crippen MR) is 135 cm³/mol. The summed E-state index contributed by atoms with van der Waals surface area (Å²) >= 11 is 1.23. The monoisotopic (exact) mass is 470 g/mol. The molecule has 0 aromatic heterocycles. The maximum atomic E-state index is 13.5. The Morgan fingerprint density at radius 3 is 2.62 bits per heavy atom. The minimum absolute atomic E-state index is 0.178. The summed E-state index contributed by atoms with van der Waals surface area (Å²) in [5.74, 6) is 0.834. The number of methoxy groups -OCH3 is 1. The van der Waals surface area contributed by atoms with E-state index in [1.165, 1.54) is 11.8 Å². The number of ether oxygens (including phenoxy) is 1. The number of amides is 2. The molecule has 8 heteroatoms. The Balaban J connectivity index is 1.42. The van der Waals surface area contributed by atoms with Crippen molar-refractivity contribution in [3.63, 3.8) is 0 Å². The summed E-state index contributed by atoms with van der Waals surface area (Å²) in [6.07, 6.45) is 0. The Labute approximate surface area is 201 Å². The Hall–Kier alpha value is -3.91. The first-order valence-electron chi connectivity index (χ1n) is 10.8. The molecular formula is C26H22N4O3S. The first-order valence-corrected chi connectivity index (χ1v) is 11.7. The molecule has 0 bridgehead atoms. The highest BCUT2D eigenvalue weighted by molar-refractivity contribution is 8.15. The average molecular weight is 471 g/mol. The lowest BCUT2D eigenvalue weighted by atomic mass is 10.1. The van der Waals surface area contributed by atoms with Crippen molar-refractivity contribution in [3.05, 3.63) is 90.0 Å². The van der Waals surface area contributed by atoms with E-state index in [-0.39, 0.29) is 11.8 Å². The lowest BCUT2D eigenvalue weighted by Gasteiger charge is -2.26. The third kappa shape index (κ3) is 4.08. The van der Waals surface area contributed by atoms with Gasteiger partial charge in [0.05, 0.1) is 18.0 Å². The quantitative estimate of drug-likeness (QED) is 0.581. The van der Waals surface area contributed by atoms with E-state index in [1.54, 1.807) is 31.1 Å². The first kappa shape index (κ1) is 21.9. The van der Waals surface area contributed by atoms with Crippen LogP contribution in [0.2, 0.25) is 0 Å². The summed E-state index contributed by atoms with van der Waals surface area (Å²) < 4.78 is 5.22. The molecule has 0 radical (unpaired) electrons. The second kappa shape index (κ2) is 9.15. The molecule has 7 nitrogen and oxygen atoms in total. The van der Waals surface area contributed by atoms with Gasteiger partial charge >= 0.3 is 0 Å². The summed E-state index contributed by atoms with van der Waals surface area (Å²) in [6.45, 7) is 1.79. The highest BCUT2D eigenvalue weighted by Gasteiger charge is 2.42. The minimum Gasteiger partial charge on any atom is -0.497 e. The van der Waals surface area contributed by atoms with Gasteiger partial charge in [0, 0.05) is 17.3 Å². The van der Waals surface area contributed by atoms with Crippen LogP contribution in [0.3, 0.4) is 0 Å². The van der Waals surface area contributed by atoms with Crippen LogP contribution in [0, 0.1) is 0 Å². The zero-order valence-electron chi connectivity index (χ0n) is 18.6. The van der Waals surface area contributed by atoms with Crippen LogP contribution >= 0.6 is 11.8 Å². The van der Waals surface area contributed by atoms with Crippen LogP contribution < -0.4 is 10.1 Å². The number of aliphatic imine (C=N–C) groups is 2. The average Bonchev–Trinajstić information content (AvgIpc) is 3.22. The van der Waals surface area contributed by atoms with Gasteiger partial charge in [0.15, 0.2) is 11.2 Å². The number of hydrogen-bond donors (Lipinski definition) is 1. The van der Waals surface area contributed by atoms with Crippen molar-refractivity contribution in [2.24, 2.45) is 9.98 Å². The summed E-state index contributed by atoms with van der Waals surface area (Å²) in [6, 6.07) is 23.6. The van der Waals surface area contributed by atoms with Crippen molar-refractivity contribution in [3.8, 4) is 5.75 Å². The van der Waals surface area contributed by atoms with Crippen molar-refractivity contribution in [1.82, 2.24) is 4.90 Å². The third-order valence-electron chi connectivity index (χ3n) is 5.57. The van der Waals surface area contributed by atoms with Gasteiger partial charge in [-0.3, -0.25) is 9.59 Å². The SMILES string of the molecule is COc1cccc(NC(=O)C(C)SC2=Nc3ccccc3C3=NC(c4ccccc4)C(=O)N23)c1. The van der Waals surface area contributed by atoms with Gasteiger partial charge in [-0.25, -0.2) is 14.9 Å². The second-order valence-corrected chi connectivity index (χ2v) is 9.14. The fourth-order valence-electron chi connectivity index (χ4n) is 3.84. The van der Waals surface area contributed by atoms with Crippen LogP contribution in [0.1, 0.15) is 24.1 Å². The molecule has 2 amide bonds. The number of nitrogens with zero attached hydrogens (tertiary/aromatic N) is 3. The number of rotatable bonds is 5. The Morgan fingerprint density at radius 1 is 1.06 bits per heavy atom. The van der Waals surface area contributed by atoms with Crippen LogP contribution in [0.15, 0.2) is 88.8 Å². The van der Waals surface area contributed by atoms with Gasteiger partial charge < -0.3 is 10.1 Å². The number of nitrogens with one attached hydrogen (secondary N) is 1. The van der Waals surface area contributed by atoms with Crippen molar-refractivity contribution in [2.45, 2.75) is 18.2 Å². The molecule has 2 aliphatic rings. The van der Waals surface area contributed by atoms with Crippen LogP contribution in [-0.2, 0) is 9.59 Å². The van der Waals surface area contributed by atoms with Crippen LogP contribution in [0.25, 0.3) is 0 Å². The van der Waals surface area contributed by atoms with Gasteiger partial charge in [-0.15, -0.1) is 0 Å². The molecule has 0 aliphatic carbocycles. The number of carbonyl (C=O) groups excluding carboxylic acids is 2. The highest BCUT2D eigenvalue weighted by atomic mass is 32.2. The summed E-state index contributed by atoms with van der Waals surface area (Å²) in [5.41, 5.74) is 2.98. The van der Waals surface area contributed by atoms with Crippen molar-refractivity contribution >= 4 is 46.0 Å². The van der Waals surface area contributed by atoms with E-state index in [4.69, 9.17) is 14.7 Å². The van der Waals surface area contributed by atoms with Crippen molar-refractivity contribution in [2.75, 3.05) is 12.4 Å². The minimum atomic E-state index is -0.644. The fourth-order valence-corrected chi connectivity index (χ4v) is 4.75. The summed E-state index contributed by atoms with van der Waals surface area (Å²) in [5, 5.41) is 2.83. The smallest absolute Gasteiger partial charge is 0.263 e. The number of para-hydroxylation sites is 1. The molecule has 1 N–H and O–H groups in total. The summed E-state index contributed by atoms with van der Waals surface area (Å²) in [7, 11) is 1.58. The molecule has 2 atom stereocenters. The molecular weight excluding hydrogens is 448 g/mol. The van der Waals surface area contributed by atoms with Crippen LogP contribution in [0.5, 0.6) is 5.75 Å². The van der Waals surface area contributed by atoms with Gasteiger partial charge in [0.1, 0.15) is 11.6 Å². The lowest BCUT2D eigenvalue weighted by molar-refractivity contribution is -0.124. The fraction of sp³-hybridized carbons (Fsp3) is 0.154. The van der Waals surface area contributed by atoms with Crippen LogP contribution in [-0.4, -0.2) is 40.1 Å². The number of hydrogen-bond acceptors (Lipinski definition) is 6. The Kier molecular flexibility index (Phi) is 5.90. The van der Waals surface area contributed by atoms with Gasteiger partial charge in [0.2, 0.25) is 5.91 Å². The zero-order chi connectivity index (χ0) is 23.7. The van der Waals surface area contributed by atoms with E-state index in [0.29, 0.717) is 22.4 Å². The van der Waals surface area contributed by atoms with Gasteiger partial charge in [0.25, 0.3) is 5.91 Å². The summed E-state index contributed by atoms with van der Waals surface area (Å²) in [4.78, 5) is 37.5. The number of fused-ring (bicyclic) bond motifs is 3. The molecule has 3 aromatic rings. The molecule has 2 aliphatic heterocycles. The van der Waals surface area contributed by atoms with Crippen LogP contribution in [0.4, 0.5) is 11.4 Å². The third-order valence-corrected chi connectivity index (χ3v) is 6.63. The maximum absolute atomic E-state index is 13.5. The van der Waals surface area contributed by atoms with E-state index < -0.39 is 11.3 Å². The van der Waals surface area contributed by atoms with Gasteiger partial charge in [-0.1, -0.05) is 60.3 Å². The lowest BCUT2D eigenvalue weighted by Crippen LogP contribution is -2.41. The topological polar surface area (TPSA) is 83.4 Å². The molecule has 34 heavy (non-hydrogen) atoms. The number of amidine groups is 2. The molecule has 0 saturated heterocycles. The van der Waals surface area contributed by atoms with Gasteiger partial charge in [-0.2, -0.15) is 0 Å². The van der Waals surface area contributed by atoms with Gasteiger partial charge in [-0.05, 0) is 36.8 Å². The van der Waals surface area contributed by atoms with E-state index >= 15 is 0 Å². The standard InChI is InChI=1S/C26H22N4O3S/c1-16(24(31)27-18-11-8-12-19(15-18)33-2)34-26-28-21-14-7-6-13-20(21)23-29-22(25(32)30(23)26)17-9-4-3-5-10-17/h3-16,22H,1-2H3,(H,27,31). The molecule has 170 valence electrons. The normalized spacial score (nSPS) is 17.3. The Morgan fingerprint density at radius 2 is 1.82 bits per heavy atom. The van der Waals surface area contributed by atoms with Crippen molar-refractivity contribution in [1.29, 1.82) is 0 Å². The number of benzene rings is 3. The second-order valence-electron chi connectivity index (χ2n) is 7.83. The predicted octanol–water partition coefficient (Wildman–Crippen LogP) is 4.79. The molecule has 0 fully saturated rings. The molecule has 2 heterocycles. The first-order chi connectivity index (χ1) is 16.5. The zero-order valence-corrected chi connectivity index (χ0v) is 19.5. The molecule has 3 aromatic carbocycles. The molecule has 0 saturated carbocycles. The maximum Gasteiger partial charge on any atom is 0.263 e. The Bertz CT molecular complexity index is 1320. The van der Waals surface area contributed by atoms with Crippen molar-refractivity contribution < 1.29 is 14.3 Å². The number of carbonyl (C=O) groups is 2. The van der Waals surface area contributed by atoms with E-state index in [9.17, 15) is 9.59 Å².